The molecule has 2 rings (SSSR count). The summed E-state index contributed by atoms with van der Waals surface area (Å²) in [5.74, 6) is 1.07. The van der Waals surface area contributed by atoms with E-state index in [4.69, 9.17) is 9.84 Å². The second kappa shape index (κ2) is 4.10. The van der Waals surface area contributed by atoms with E-state index in [1.165, 1.54) is 16.7 Å². The quantitative estimate of drug-likeness (QED) is 0.848. The van der Waals surface area contributed by atoms with E-state index >= 15 is 0 Å². The van der Waals surface area contributed by atoms with Crippen LogP contribution in [0.25, 0.3) is 0 Å². The first-order valence-electron chi connectivity index (χ1n) is 5.95. The monoisotopic (exact) mass is 220 g/mol. The van der Waals surface area contributed by atoms with Gasteiger partial charge in [-0.1, -0.05) is 12.1 Å². The fourth-order valence-electron chi connectivity index (χ4n) is 2.33. The molecule has 1 heterocycles. The number of ether oxygens (including phenoxy) is 1. The summed E-state index contributed by atoms with van der Waals surface area (Å²) in [6.45, 7) is 6.63. The van der Waals surface area contributed by atoms with E-state index in [0.717, 1.165) is 25.0 Å². The Labute approximate surface area is 97.3 Å². The van der Waals surface area contributed by atoms with Crippen LogP contribution in [0.4, 0.5) is 0 Å². The van der Waals surface area contributed by atoms with Crippen molar-refractivity contribution in [2.24, 2.45) is 0 Å². The van der Waals surface area contributed by atoms with Crippen molar-refractivity contribution >= 4 is 0 Å². The highest BCUT2D eigenvalue weighted by Gasteiger charge is 2.32. The Morgan fingerprint density at radius 3 is 2.81 bits per heavy atom. The number of rotatable bonds is 3. The van der Waals surface area contributed by atoms with Crippen molar-refractivity contribution in [3.05, 3.63) is 28.8 Å². The summed E-state index contributed by atoms with van der Waals surface area (Å²) >= 11 is 0. The van der Waals surface area contributed by atoms with E-state index in [1.54, 1.807) is 0 Å². The lowest BCUT2D eigenvalue weighted by Gasteiger charge is -2.18. The predicted octanol–water partition coefficient (Wildman–Crippen LogP) is 2.63. The number of benzene rings is 1. The van der Waals surface area contributed by atoms with Gasteiger partial charge < -0.3 is 9.84 Å². The fourth-order valence-corrected chi connectivity index (χ4v) is 2.33. The molecule has 1 aliphatic rings. The van der Waals surface area contributed by atoms with Crippen LogP contribution in [0, 0.1) is 6.92 Å². The normalized spacial score (nSPS) is 17.0. The maximum Gasteiger partial charge on any atom is 0.126 e. The third-order valence-electron chi connectivity index (χ3n) is 3.16. The first-order valence-corrected chi connectivity index (χ1v) is 5.95. The molecule has 88 valence electrons. The van der Waals surface area contributed by atoms with Crippen LogP contribution in [0.2, 0.25) is 0 Å². The minimum absolute atomic E-state index is 0.0809. The van der Waals surface area contributed by atoms with Crippen molar-refractivity contribution < 1.29 is 9.84 Å². The van der Waals surface area contributed by atoms with Crippen molar-refractivity contribution in [3.8, 4) is 5.75 Å². The minimum atomic E-state index is -0.0809. The van der Waals surface area contributed by atoms with Gasteiger partial charge in [0.2, 0.25) is 0 Å². The Morgan fingerprint density at radius 2 is 2.12 bits per heavy atom. The Bertz CT molecular complexity index is 394. The van der Waals surface area contributed by atoms with Gasteiger partial charge in [0, 0.05) is 18.6 Å². The van der Waals surface area contributed by atoms with Crippen LogP contribution in [-0.2, 0) is 12.8 Å². The molecule has 0 atom stereocenters. The zero-order valence-corrected chi connectivity index (χ0v) is 10.3. The first kappa shape index (κ1) is 11.5. The van der Waals surface area contributed by atoms with Crippen LogP contribution in [0.5, 0.6) is 5.75 Å². The molecular weight excluding hydrogens is 200 g/mol. The van der Waals surface area contributed by atoms with Crippen molar-refractivity contribution in [3.63, 3.8) is 0 Å². The molecular formula is C14H20O2. The second-order valence-corrected chi connectivity index (χ2v) is 5.21. The van der Waals surface area contributed by atoms with E-state index in [2.05, 4.69) is 32.9 Å². The predicted molar refractivity (Wildman–Crippen MR) is 65.0 cm³/mol. The molecule has 1 N–H and O–H groups in total. The summed E-state index contributed by atoms with van der Waals surface area (Å²) in [5, 5.41) is 8.89. The van der Waals surface area contributed by atoms with E-state index in [1.807, 2.05) is 0 Å². The van der Waals surface area contributed by atoms with Gasteiger partial charge in [-0.25, -0.2) is 0 Å². The number of fused-ring (bicyclic) bond motifs is 1. The highest BCUT2D eigenvalue weighted by atomic mass is 16.5. The highest BCUT2D eigenvalue weighted by molar-refractivity contribution is 5.50. The Hall–Kier alpha value is -1.02. The molecule has 0 aromatic heterocycles. The summed E-state index contributed by atoms with van der Waals surface area (Å²) in [4.78, 5) is 0. The molecule has 2 nitrogen and oxygen atoms in total. The van der Waals surface area contributed by atoms with Gasteiger partial charge >= 0.3 is 0 Å². The summed E-state index contributed by atoms with van der Waals surface area (Å²) in [5.41, 5.74) is 3.82. The first-order chi connectivity index (χ1) is 7.53. The van der Waals surface area contributed by atoms with Crippen LogP contribution >= 0.6 is 0 Å². The highest BCUT2D eigenvalue weighted by Crippen LogP contribution is 2.39. The third kappa shape index (κ3) is 2.07. The van der Waals surface area contributed by atoms with Crippen LogP contribution in [0.15, 0.2) is 12.1 Å². The average molecular weight is 220 g/mol. The molecule has 0 saturated heterocycles. The molecule has 0 amide bonds. The lowest BCUT2D eigenvalue weighted by Crippen LogP contribution is -2.25. The molecule has 1 aromatic rings. The maximum atomic E-state index is 8.89. The number of aryl methyl sites for hydroxylation is 2. The summed E-state index contributed by atoms with van der Waals surface area (Å²) < 4.78 is 6.02. The van der Waals surface area contributed by atoms with E-state index < -0.39 is 0 Å². The Balaban J connectivity index is 2.34. The van der Waals surface area contributed by atoms with Gasteiger partial charge in [0.1, 0.15) is 11.4 Å². The van der Waals surface area contributed by atoms with E-state index in [0.29, 0.717) is 0 Å². The lowest BCUT2D eigenvalue weighted by molar-refractivity contribution is 0.137. The number of aliphatic hydroxyl groups is 1. The van der Waals surface area contributed by atoms with Gasteiger partial charge in [0.15, 0.2) is 0 Å². The van der Waals surface area contributed by atoms with Crippen LogP contribution in [-0.4, -0.2) is 17.3 Å². The minimum Gasteiger partial charge on any atom is -0.487 e. The smallest absolute Gasteiger partial charge is 0.126 e. The standard InChI is InChI=1S/C14H20O2/c1-10-6-7-11(5-4-8-15)13-12(10)9-14(2,3)16-13/h6-7,15H,4-5,8-9H2,1-3H3. The molecule has 1 aromatic carbocycles. The molecule has 0 bridgehead atoms. The second-order valence-electron chi connectivity index (χ2n) is 5.21. The SMILES string of the molecule is Cc1ccc(CCCO)c2c1CC(C)(C)O2. The maximum absolute atomic E-state index is 8.89. The van der Waals surface area contributed by atoms with E-state index in [-0.39, 0.29) is 12.2 Å². The zero-order valence-electron chi connectivity index (χ0n) is 10.3. The molecule has 16 heavy (non-hydrogen) atoms. The van der Waals surface area contributed by atoms with Crippen LogP contribution in [0.3, 0.4) is 0 Å². The molecule has 2 heteroatoms. The molecule has 0 aliphatic carbocycles. The van der Waals surface area contributed by atoms with Crippen molar-refractivity contribution in [2.75, 3.05) is 6.61 Å². The van der Waals surface area contributed by atoms with Gasteiger partial charge in [-0.2, -0.15) is 0 Å². The van der Waals surface area contributed by atoms with E-state index in [9.17, 15) is 0 Å². The topological polar surface area (TPSA) is 29.5 Å². The molecule has 0 spiro atoms. The zero-order chi connectivity index (χ0) is 11.8. The number of aliphatic hydroxyl groups excluding tert-OH is 1. The van der Waals surface area contributed by atoms with Crippen LogP contribution in [0.1, 0.15) is 37.0 Å². The summed E-state index contributed by atoms with van der Waals surface area (Å²) in [6, 6.07) is 4.29. The molecule has 0 radical (unpaired) electrons. The van der Waals surface area contributed by atoms with Gasteiger partial charge in [0.25, 0.3) is 0 Å². The summed E-state index contributed by atoms with van der Waals surface area (Å²) in [7, 11) is 0. The van der Waals surface area contributed by atoms with Gasteiger partial charge in [-0.05, 0) is 44.7 Å². The number of hydrogen-bond donors (Lipinski definition) is 1. The van der Waals surface area contributed by atoms with Gasteiger partial charge in [-0.15, -0.1) is 0 Å². The summed E-state index contributed by atoms with van der Waals surface area (Å²) in [6.07, 6.45) is 2.69. The fraction of sp³-hybridized carbons (Fsp3) is 0.571. The van der Waals surface area contributed by atoms with Gasteiger partial charge in [0.05, 0.1) is 0 Å². The molecule has 1 aliphatic heterocycles. The number of hydrogen-bond acceptors (Lipinski definition) is 2. The van der Waals surface area contributed by atoms with Crippen molar-refractivity contribution in [1.29, 1.82) is 0 Å². The Morgan fingerprint density at radius 1 is 1.38 bits per heavy atom. The molecule has 0 fully saturated rings. The average Bonchev–Trinajstić information content (AvgIpc) is 2.54. The molecule has 0 saturated carbocycles. The largest absolute Gasteiger partial charge is 0.487 e. The molecule has 0 unspecified atom stereocenters. The van der Waals surface area contributed by atoms with Crippen molar-refractivity contribution in [2.45, 2.75) is 45.6 Å². The lowest BCUT2D eigenvalue weighted by atomic mass is 9.95. The van der Waals surface area contributed by atoms with Gasteiger partial charge in [-0.3, -0.25) is 0 Å². The van der Waals surface area contributed by atoms with Crippen molar-refractivity contribution in [1.82, 2.24) is 0 Å². The third-order valence-corrected chi connectivity index (χ3v) is 3.16. The van der Waals surface area contributed by atoms with Crippen LogP contribution < -0.4 is 4.74 Å². The Kier molecular flexibility index (Phi) is 2.94.